The second-order valence-electron chi connectivity index (χ2n) is 6.23. The molecule has 0 aliphatic rings. The van der Waals surface area contributed by atoms with Gasteiger partial charge in [0.05, 0.1) is 23.9 Å². The zero-order valence-corrected chi connectivity index (χ0v) is 15.0. The van der Waals surface area contributed by atoms with Gasteiger partial charge in [-0.2, -0.15) is 0 Å². The van der Waals surface area contributed by atoms with Crippen molar-refractivity contribution in [1.82, 2.24) is 25.8 Å². The molecule has 140 valence electrons. The molecule has 8 heteroatoms. The summed E-state index contributed by atoms with van der Waals surface area (Å²) in [5.41, 5.74) is 8.33. The minimum atomic E-state index is -0.436. The minimum absolute atomic E-state index is 0.371. The van der Waals surface area contributed by atoms with Gasteiger partial charge in [0.15, 0.2) is 0 Å². The van der Waals surface area contributed by atoms with Gasteiger partial charge in [-0.05, 0) is 42.8 Å². The normalized spacial score (nSPS) is 10.8. The van der Waals surface area contributed by atoms with Crippen LogP contribution in [0.15, 0.2) is 65.3 Å². The molecular weight excluding hydrogens is 358 g/mol. The number of aromatic nitrogens is 3. The van der Waals surface area contributed by atoms with Crippen molar-refractivity contribution in [1.29, 1.82) is 0 Å². The number of hydrogen-bond acceptors (Lipinski definition) is 5. The van der Waals surface area contributed by atoms with Crippen LogP contribution in [0.5, 0.6) is 0 Å². The number of nitrogens with zero attached hydrogens (tertiary/aromatic N) is 3. The predicted molar refractivity (Wildman–Crippen MR) is 101 cm³/mol. The van der Waals surface area contributed by atoms with Gasteiger partial charge in [-0.25, -0.2) is 4.68 Å². The number of carbonyl (C=O) groups is 2. The number of amides is 2. The van der Waals surface area contributed by atoms with E-state index in [9.17, 15) is 9.59 Å². The molecule has 2 amide bonds. The maximum atomic E-state index is 12.2. The summed E-state index contributed by atoms with van der Waals surface area (Å²) >= 11 is 0. The number of rotatable bonds is 4. The van der Waals surface area contributed by atoms with Crippen LogP contribution in [0.3, 0.4) is 0 Å². The highest BCUT2D eigenvalue weighted by atomic mass is 16.3. The summed E-state index contributed by atoms with van der Waals surface area (Å²) in [5.74, 6) is -0.363. The van der Waals surface area contributed by atoms with E-state index in [1.807, 2.05) is 36.4 Å². The van der Waals surface area contributed by atoms with E-state index in [0.29, 0.717) is 23.4 Å². The SMILES string of the molecule is Cc1occc1C(=O)NNC(=O)c1ccc(Cn2nnc3ccccc32)cc1. The Bertz CT molecular complexity index is 1140. The lowest BCUT2D eigenvalue weighted by Gasteiger charge is -2.08. The maximum Gasteiger partial charge on any atom is 0.273 e. The van der Waals surface area contributed by atoms with Crippen LogP contribution in [-0.2, 0) is 6.54 Å². The Labute approximate surface area is 160 Å². The highest BCUT2D eigenvalue weighted by Crippen LogP contribution is 2.13. The number of fused-ring (bicyclic) bond motifs is 1. The van der Waals surface area contributed by atoms with Gasteiger partial charge in [-0.1, -0.05) is 29.5 Å². The second kappa shape index (κ2) is 7.36. The lowest BCUT2D eigenvalue weighted by molar-refractivity contribution is 0.0845. The van der Waals surface area contributed by atoms with Crippen molar-refractivity contribution in [2.45, 2.75) is 13.5 Å². The van der Waals surface area contributed by atoms with Crippen molar-refractivity contribution in [2.24, 2.45) is 0 Å². The number of benzene rings is 2. The summed E-state index contributed by atoms with van der Waals surface area (Å²) in [6.45, 7) is 2.21. The van der Waals surface area contributed by atoms with Gasteiger partial charge in [-0.15, -0.1) is 5.10 Å². The first kappa shape index (κ1) is 17.5. The van der Waals surface area contributed by atoms with Crippen molar-refractivity contribution in [3.8, 4) is 0 Å². The monoisotopic (exact) mass is 375 g/mol. The molecule has 0 unspecified atom stereocenters. The summed E-state index contributed by atoms with van der Waals surface area (Å²) in [7, 11) is 0. The molecule has 0 fully saturated rings. The zero-order valence-electron chi connectivity index (χ0n) is 15.0. The first-order chi connectivity index (χ1) is 13.6. The molecule has 0 aliphatic carbocycles. The van der Waals surface area contributed by atoms with E-state index in [-0.39, 0.29) is 0 Å². The van der Waals surface area contributed by atoms with Crippen molar-refractivity contribution >= 4 is 22.8 Å². The van der Waals surface area contributed by atoms with E-state index in [1.165, 1.54) is 6.26 Å². The number of para-hydroxylation sites is 1. The first-order valence-electron chi connectivity index (χ1n) is 8.64. The third kappa shape index (κ3) is 3.48. The molecule has 0 atom stereocenters. The number of carbonyl (C=O) groups excluding carboxylic acids is 2. The van der Waals surface area contributed by atoms with Gasteiger partial charge < -0.3 is 4.42 Å². The van der Waals surface area contributed by atoms with E-state index >= 15 is 0 Å². The summed E-state index contributed by atoms with van der Waals surface area (Å²) in [4.78, 5) is 24.2. The van der Waals surface area contributed by atoms with Crippen molar-refractivity contribution in [2.75, 3.05) is 0 Å². The standard InChI is InChI=1S/C20H17N5O3/c1-13-16(10-11-28-13)20(27)23-22-19(26)15-8-6-14(7-9-15)12-25-18-5-3-2-4-17(18)21-24-25/h2-11H,12H2,1H3,(H,22,26)(H,23,27). The molecule has 2 N–H and O–H groups in total. The van der Waals surface area contributed by atoms with Gasteiger partial charge in [0.1, 0.15) is 11.3 Å². The Kier molecular flexibility index (Phi) is 4.59. The topological polar surface area (TPSA) is 102 Å². The second-order valence-corrected chi connectivity index (χ2v) is 6.23. The van der Waals surface area contributed by atoms with E-state index in [4.69, 9.17) is 4.42 Å². The van der Waals surface area contributed by atoms with Crippen molar-refractivity contribution in [3.63, 3.8) is 0 Å². The smallest absolute Gasteiger partial charge is 0.273 e. The molecule has 8 nitrogen and oxygen atoms in total. The molecule has 4 aromatic rings. The number of aryl methyl sites for hydroxylation is 1. The van der Waals surface area contributed by atoms with Gasteiger partial charge in [-0.3, -0.25) is 20.4 Å². The summed E-state index contributed by atoms with van der Waals surface area (Å²) in [6, 6.07) is 16.3. The molecule has 0 saturated heterocycles. The lowest BCUT2D eigenvalue weighted by atomic mass is 10.1. The van der Waals surface area contributed by atoms with Crippen LogP contribution in [0, 0.1) is 6.92 Å². The molecule has 2 aromatic carbocycles. The minimum Gasteiger partial charge on any atom is -0.469 e. The van der Waals surface area contributed by atoms with Crippen molar-refractivity contribution in [3.05, 3.63) is 83.3 Å². The molecule has 2 aromatic heterocycles. The van der Waals surface area contributed by atoms with Crippen LogP contribution in [-0.4, -0.2) is 26.8 Å². The van der Waals surface area contributed by atoms with Crippen LogP contribution in [0.25, 0.3) is 11.0 Å². The zero-order chi connectivity index (χ0) is 19.5. The fourth-order valence-corrected chi connectivity index (χ4v) is 2.84. The summed E-state index contributed by atoms with van der Waals surface area (Å²) in [6.07, 6.45) is 1.42. The average Bonchev–Trinajstić information content (AvgIpc) is 3.33. The van der Waals surface area contributed by atoms with Gasteiger partial charge in [0, 0.05) is 5.56 Å². The third-order valence-corrected chi connectivity index (χ3v) is 4.36. The fourth-order valence-electron chi connectivity index (χ4n) is 2.84. The molecule has 28 heavy (non-hydrogen) atoms. The summed E-state index contributed by atoms with van der Waals surface area (Å²) in [5, 5.41) is 8.29. The first-order valence-corrected chi connectivity index (χ1v) is 8.64. The highest BCUT2D eigenvalue weighted by molar-refractivity contribution is 5.99. The van der Waals surface area contributed by atoms with Crippen LogP contribution >= 0.6 is 0 Å². The van der Waals surface area contributed by atoms with E-state index < -0.39 is 11.8 Å². The molecule has 0 saturated carbocycles. The highest BCUT2D eigenvalue weighted by Gasteiger charge is 2.13. The Morgan fingerprint density at radius 3 is 2.50 bits per heavy atom. The fraction of sp³-hybridized carbons (Fsp3) is 0.100. The summed E-state index contributed by atoms with van der Waals surface area (Å²) < 4.78 is 6.88. The van der Waals surface area contributed by atoms with Crippen molar-refractivity contribution < 1.29 is 14.0 Å². The molecule has 2 heterocycles. The number of hydrogen-bond donors (Lipinski definition) is 2. The Morgan fingerprint density at radius 2 is 1.75 bits per heavy atom. The number of hydrazine groups is 1. The Hall–Kier alpha value is -3.94. The molecular formula is C20H17N5O3. The van der Waals surface area contributed by atoms with Crippen LogP contribution < -0.4 is 10.9 Å². The van der Waals surface area contributed by atoms with Crippen LogP contribution in [0.4, 0.5) is 0 Å². The van der Waals surface area contributed by atoms with E-state index in [0.717, 1.165) is 16.6 Å². The van der Waals surface area contributed by atoms with Gasteiger partial charge in [0.25, 0.3) is 11.8 Å². The maximum absolute atomic E-state index is 12.2. The molecule has 0 aliphatic heterocycles. The number of furan rings is 1. The Morgan fingerprint density at radius 1 is 1.00 bits per heavy atom. The Balaban J connectivity index is 1.39. The predicted octanol–water partition coefficient (Wildman–Crippen LogP) is 2.46. The van der Waals surface area contributed by atoms with E-state index in [2.05, 4.69) is 21.2 Å². The number of nitrogens with one attached hydrogen (secondary N) is 2. The lowest BCUT2D eigenvalue weighted by Crippen LogP contribution is -2.41. The molecule has 4 rings (SSSR count). The molecule has 0 spiro atoms. The van der Waals surface area contributed by atoms with E-state index in [1.54, 1.807) is 29.8 Å². The average molecular weight is 375 g/mol. The molecule has 0 bridgehead atoms. The quantitative estimate of drug-likeness (QED) is 0.534. The van der Waals surface area contributed by atoms with Crippen LogP contribution in [0.2, 0.25) is 0 Å². The van der Waals surface area contributed by atoms with Gasteiger partial charge in [0.2, 0.25) is 0 Å². The molecule has 0 radical (unpaired) electrons. The van der Waals surface area contributed by atoms with Crippen LogP contribution in [0.1, 0.15) is 32.0 Å². The third-order valence-electron chi connectivity index (χ3n) is 4.36. The largest absolute Gasteiger partial charge is 0.469 e. The van der Waals surface area contributed by atoms with Gasteiger partial charge >= 0.3 is 0 Å².